The average Bonchev–Trinajstić information content (AvgIpc) is 1.78. The van der Waals surface area contributed by atoms with Crippen molar-refractivity contribution < 1.29 is 80.2 Å². The summed E-state index contributed by atoms with van der Waals surface area (Å²) in [5.41, 5.74) is 5.79. The molecule has 8 heterocycles. The first-order valence-corrected chi connectivity index (χ1v) is 31.0. The molecule has 538 valence electrons. The third-order valence-electron chi connectivity index (χ3n) is 14.8. The zero-order chi connectivity index (χ0) is 75.5. The van der Waals surface area contributed by atoms with E-state index in [4.69, 9.17) is 30.5 Å². The van der Waals surface area contributed by atoms with Crippen LogP contribution in [-0.4, -0.2) is 120 Å². The average molecular weight is 1480 g/mol. The van der Waals surface area contributed by atoms with Gasteiger partial charge in [-0.05, 0) is 93.7 Å². The second-order valence-electron chi connectivity index (χ2n) is 21.6. The smallest absolute Gasteiger partial charge is 0.418 e. The second kappa shape index (κ2) is 38.4. The van der Waals surface area contributed by atoms with Crippen molar-refractivity contribution in [1.82, 2.24) is 68.5 Å². The number of ether oxygens (including phenoxy) is 2. The molecule has 0 radical (unpaired) electrons. The molecule has 2 aliphatic heterocycles. The van der Waals surface area contributed by atoms with Crippen LogP contribution in [0.1, 0.15) is 91.4 Å². The monoisotopic (exact) mass is 1480 g/mol. The Hall–Kier alpha value is -12.7. The number of benzene rings is 6. The van der Waals surface area contributed by atoms with Crippen LogP contribution in [0.2, 0.25) is 0 Å². The van der Waals surface area contributed by atoms with Gasteiger partial charge in [0, 0.05) is 135 Å². The van der Waals surface area contributed by atoms with Gasteiger partial charge in [0.2, 0.25) is 0 Å². The first-order chi connectivity index (χ1) is 50.0. The topological polar surface area (TPSA) is 295 Å². The first kappa shape index (κ1) is 81.3. The van der Waals surface area contributed by atoms with Crippen LogP contribution >= 0.6 is 0 Å². The Bertz CT molecular complexity index is 4300. The van der Waals surface area contributed by atoms with E-state index in [1.807, 2.05) is 171 Å². The summed E-state index contributed by atoms with van der Waals surface area (Å²) in [6, 6.07) is 55.7. The van der Waals surface area contributed by atoms with Gasteiger partial charge in [0.05, 0.1) is 50.6 Å². The Kier molecular flexibility index (Phi) is 29.7. The number of amides is 4. The summed E-state index contributed by atoms with van der Waals surface area (Å²) in [7, 11) is -12.0. The van der Waals surface area contributed by atoms with Gasteiger partial charge in [-0.1, -0.05) is 97.1 Å². The molecule has 6 aromatic carbocycles. The molecule has 0 N–H and O–H groups in total. The minimum atomic E-state index is -6.00. The molecule has 0 saturated heterocycles. The number of hydrogen-bond acceptors (Lipinski definition) is 16. The van der Waals surface area contributed by atoms with Crippen LogP contribution in [-0.2, 0) is 64.4 Å². The van der Waals surface area contributed by atoms with Crippen molar-refractivity contribution in [2.45, 2.75) is 65.6 Å². The van der Waals surface area contributed by atoms with Crippen LogP contribution in [0.15, 0.2) is 232 Å². The largest absolute Gasteiger partial charge is 2.00 e. The first-order valence-electron chi connectivity index (χ1n) is 31.0. The number of nitrogens with zero attached hydrogens (tertiary/aromatic N) is 18. The zero-order valence-corrected chi connectivity index (χ0v) is 57.3. The molecule has 35 heteroatoms. The van der Waals surface area contributed by atoms with Gasteiger partial charge >= 0.3 is 31.6 Å². The fourth-order valence-electron chi connectivity index (χ4n) is 10.8. The van der Waals surface area contributed by atoms with Crippen LogP contribution in [0.3, 0.4) is 0 Å². The second-order valence-corrected chi connectivity index (χ2v) is 21.6. The van der Waals surface area contributed by atoms with Crippen LogP contribution in [0.4, 0.5) is 34.5 Å². The Morgan fingerprint density at radius 2 is 0.552 bits per heavy atom. The van der Waals surface area contributed by atoms with E-state index >= 15 is 0 Å². The van der Waals surface area contributed by atoms with Crippen molar-refractivity contribution in [2.75, 3.05) is 13.2 Å². The molecule has 24 nitrogen and oxygen atoms in total. The zero-order valence-electron chi connectivity index (χ0n) is 56.2. The van der Waals surface area contributed by atoms with Gasteiger partial charge in [-0.3, -0.25) is 29.0 Å². The molecule has 0 atom stereocenters. The Morgan fingerprint density at radius 3 is 0.743 bits per heavy atom. The SMILES string of the molecule is CC#N.CC#N.CC#N.CC#N.F[B-](F)(F)F.F[B-](F)(F)F.O=C1c2cccc3cccc(c23)C(=O)N1Cc1ccc(COCC(n2cccn2)(n2cccn2)n2cccn2)cc1.O=C1c2cccc3cccc(c23)C(=O)N1Cc1ccc(COCC(n2cccn2)(n2cccn2)n2cccn2)cc1.[Fe+2]. The summed E-state index contributed by atoms with van der Waals surface area (Å²) in [6.07, 6.45) is 21.3. The molecule has 0 saturated carbocycles. The standard InChI is InChI=1S/2C31H25N7O3.4C2H3N.2BF4.Fe/c2*39-29-26-8-1-6-25-7-2-9-27(28(25)26)30(40)35(29)20-23-10-12-24(13-11-23)21-41-22-31(36-17-3-14-32-36,37-18-4-15-33-37)38-19-5-16-34-38;4*1-2-3;2*2-1(3,4)5;/h2*1-19H,20-22H2;4*1H3;;;/q;;;;;;2*-1;+2. The fraction of sp³-hybridized carbons (Fsp3) is 0.171. The van der Waals surface area contributed by atoms with Crippen LogP contribution in [0.5, 0.6) is 0 Å². The fourth-order valence-corrected chi connectivity index (χ4v) is 10.8. The van der Waals surface area contributed by atoms with Gasteiger partial charge in [0.25, 0.3) is 35.2 Å². The maximum absolute atomic E-state index is 13.3. The summed E-state index contributed by atoms with van der Waals surface area (Å²) < 4.78 is 101. The van der Waals surface area contributed by atoms with E-state index in [-0.39, 0.29) is 67.0 Å². The van der Waals surface area contributed by atoms with Crippen LogP contribution in [0.25, 0.3) is 21.5 Å². The van der Waals surface area contributed by atoms with E-state index in [0.717, 1.165) is 43.8 Å². The Morgan fingerprint density at radius 1 is 0.352 bits per heavy atom. The third-order valence-corrected chi connectivity index (χ3v) is 14.8. The van der Waals surface area contributed by atoms with Crippen molar-refractivity contribution in [2.24, 2.45) is 0 Å². The molecule has 0 spiro atoms. The number of nitriles is 4. The van der Waals surface area contributed by atoms with E-state index in [0.29, 0.717) is 35.5 Å². The molecule has 105 heavy (non-hydrogen) atoms. The predicted molar refractivity (Wildman–Crippen MR) is 365 cm³/mol. The molecular formula is C70H62B2F8FeN18O6. The molecule has 0 unspecified atom stereocenters. The summed E-state index contributed by atoms with van der Waals surface area (Å²) in [4.78, 5) is 55.7. The maximum atomic E-state index is 13.3. The van der Waals surface area contributed by atoms with Gasteiger partial charge in [-0.25, -0.2) is 28.1 Å². The van der Waals surface area contributed by atoms with Gasteiger partial charge in [-0.15, -0.1) is 0 Å². The molecule has 0 aliphatic carbocycles. The number of aromatic nitrogens is 12. The normalized spacial score (nSPS) is 11.8. The Labute approximate surface area is 606 Å². The summed E-state index contributed by atoms with van der Waals surface area (Å²) >= 11 is 0. The van der Waals surface area contributed by atoms with Crippen molar-refractivity contribution in [3.8, 4) is 24.3 Å². The molecule has 12 aromatic rings. The summed E-state index contributed by atoms with van der Waals surface area (Å²) in [5.74, 6) is -3.08. The number of imide groups is 2. The molecule has 6 aromatic heterocycles. The van der Waals surface area contributed by atoms with E-state index in [1.54, 1.807) is 114 Å². The van der Waals surface area contributed by atoms with Crippen molar-refractivity contribution in [3.63, 3.8) is 0 Å². The molecule has 0 fully saturated rings. The predicted octanol–water partition coefficient (Wildman–Crippen LogP) is 13.0. The molecule has 2 aliphatic rings. The summed E-state index contributed by atoms with van der Waals surface area (Å²) in [5, 5.41) is 59.4. The molecular weight excluding hydrogens is 1420 g/mol. The molecule has 14 rings (SSSR count). The van der Waals surface area contributed by atoms with Gasteiger partial charge in [0.1, 0.15) is 13.2 Å². The number of hydrogen-bond donors (Lipinski definition) is 0. The minimum Gasteiger partial charge on any atom is -0.418 e. The van der Waals surface area contributed by atoms with E-state index in [9.17, 15) is 53.7 Å². The van der Waals surface area contributed by atoms with Gasteiger partial charge in [-0.2, -0.15) is 51.6 Å². The number of carbonyl (C=O) groups is 4. The number of halogens is 8. The van der Waals surface area contributed by atoms with E-state index in [2.05, 4.69) is 30.6 Å². The van der Waals surface area contributed by atoms with Crippen molar-refractivity contribution in [1.29, 1.82) is 21.0 Å². The third kappa shape index (κ3) is 20.8. The number of rotatable bonds is 18. The maximum Gasteiger partial charge on any atom is 2.00 e. The van der Waals surface area contributed by atoms with E-state index < -0.39 is 26.1 Å². The van der Waals surface area contributed by atoms with E-state index in [1.165, 1.54) is 37.5 Å². The quantitative estimate of drug-likeness (QED) is 0.0438. The van der Waals surface area contributed by atoms with Crippen LogP contribution < -0.4 is 0 Å². The van der Waals surface area contributed by atoms with Crippen molar-refractivity contribution >= 4 is 59.7 Å². The van der Waals surface area contributed by atoms with Crippen LogP contribution in [0, 0.1) is 45.3 Å². The van der Waals surface area contributed by atoms with Crippen molar-refractivity contribution in [3.05, 3.63) is 277 Å². The molecule has 0 bridgehead atoms. The molecule has 4 amide bonds. The number of carbonyl (C=O) groups excluding carboxylic acids is 4. The Balaban J connectivity index is 0.000000256. The minimum absolute atomic E-state index is 0. The summed E-state index contributed by atoms with van der Waals surface area (Å²) in [6.45, 7) is 7.13. The van der Waals surface area contributed by atoms with Gasteiger partial charge in [0.15, 0.2) is 0 Å². The van der Waals surface area contributed by atoms with Gasteiger partial charge < -0.3 is 44.0 Å².